The molecule has 4 aromatic heterocycles. The molecule has 174 valence electrons. The Bertz CT molecular complexity index is 1550. The maximum atomic E-state index is 11.8. The highest BCUT2D eigenvalue weighted by atomic mass is 16.2. The monoisotopic (exact) mass is 465 g/mol. The smallest absolute Gasteiger partial charge is 0.241 e. The van der Waals surface area contributed by atoms with E-state index in [1.54, 1.807) is 10.9 Å². The lowest BCUT2D eigenvalue weighted by Crippen LogP contribution is -2.25. The number of hydrogen-bond acceptors (Lipinski definition) is 8. The average Bonchev–Trinajstić information content (AvgIpc) is 3.46. The molecule has 2 aliphatic heterocycles. The van der Waals surface area contributed by atoms with Crippen LogP contribution in [0.25, 0.3) is 27.6 Å². The van der Waals surface area contributed by atoms with Crippen LogP contribution in [0.5, 0.6) is 0 Å². The summed E-state index contributed by atoms with van der Waals surface area (Å²) in [6.45, 7) is 2.88. The first-order chi connectivity index (χ1) is 17.0. The third-order valence-electron chi connectivity index (χ3n) is 6.35. The van der Waals surface area contributed by atoms with Crippen molar-refractivity contribution in [1.29, 1.82) is 0 Å². The van der Waals surface area contributed by atoms with Crippen LogP contribution in [-0.4, -0.2) is 43.4 Å². The highest BCUT2D eigenvalue weighted by Crippen LogP contribution is 2.33. The molecule has 0 aliphatic carbocycles. The number of nitrogens with two attached hydrogens (primary N) is 1. The van der Waals surface area contributed by atoms with Crippen LogP contribution < -0.4 is 16.4 Å². The fourth-order valence-corrected chi connectivity index (χ4v) is 4.52. The van der Waals surface area contributed by atoms with Gasteiger partial charge >= 0.3 is 0 Å². The zero-order chi connectivity index (χ0) is 23.9. The van der Waals surface area contributed by atoms with Gasteiger partial charge < -0.3 is 16.4 Å². The second-order valence-corrected chi connectivity index (χ2v) is 8.64. The molecule has 0 fully saturated rings. The van der Waals surface area contributed by atoms with E-state index in [-0.39, 0.29) is 12.5 Å². The number of aromatic nitrogens is 5. The van der Waals surface area contributed by atoms with Crippen molar-refractivity contribution in [3.8, 4) is 11.3 Å². The maximum absolute atomic E-state index is 11.8. The third-order valence-corrected chi connectivity index (χ3v) is 6.35. The zero-order valence-electron chi connectivity index (χ0n) is 19.1. The number of nitrogen functional groups attached to an aromatic ring is 1. The number of allylic oxidation sites excluding steroid dienone is 1. The summed E-state index contributed by atoms with van der Waals surface area (Å²) < 4.78 is 1.72. The van der Waals surface area contributed by atoms with E-state index < -0.39 is 0 Å². The summed E-state index contributed by atoms with van der Waals surface area (Å²) in [5.74, 6) is 1.64. The van der Waals surface area contributed by atoms with Crippen LogP contribution in [0.15, 0.2) is 48.0 Å². The van der Waals surface area contributed by atoms with Gasteiger partial charge in [0.15, 0.2) is 5.82 Å². The van der Waals surface area contributed by atoms with Crippen molar-refractivity contribution in [2.24, 2.45) is 4.99 Å². The summed E-state index contributed by atoms with van der Waals surface area (Å²) in [5, 5.41) is 12.3. The summed E-state index contributed by atoms with van der Waals surface area (Å²) in [6.07, 6.45) is 10.7. The second kappa shape index (κ2) is 8.32. The summed E-state index contributed by atoms with van der Waals surface area (Å²) in [5.41, 5.74) is 12.3. The van der Waals surface area contributed by atoms with Crippen LogP contribution in [0.4, 0.5) is 17.5 Å². The van der Waals surface area contributed by atoms with Crippen molar-refractivity contribution < 1.29 is 4.79 Å². The molecule has 0 radical (unpaired) electrons. The van der Waals surface area contributed by atoms with Gasteiger partial charge in [0.25, 0.3) is 0 Å². The van der Waals surface area contributed by atoms with Gasteiger partial charge in [-0.1, -0.05) is 0 Å². The molecule has 6 rings (SSSR count). The molecular weight excluding hydrogens is 442 g/mol. The molecule has 0 bridgehead atoms. The molecule has 35 heavy (non-hydrogen) atoms. The molecule has 0 saturated heterocycles. The molecule has 0 saturated carbocycles. The minimum Gasteiger partial charge on any atom is -0.383 e. The van der Waals surface area contributed by atoms with Gasteiger partial charge in [0.05, 0.1) is 5.69 Å². The van der Waals surface area contributed by atoms with E-state index in [0.717, 1.165) is 57.3 Å². The molecule has 0 spiro atoms. The Labute approximate surface area is 201 Å². The molecule has 6 heterocycles. The van der Waals surface area contributed by atoms with Crippen molar-refractivity contribution >= 4 is 45.9 Å². The molecule has 0 aromatic carbocycles. The average molecular weight is 466 g/mol. The summed E-state index contributed by atoms with van der Waals surface area (Å²) in [7, 11) is 0. The van der Waals surface area contributed by atoms with E-state index in [1.165, 1.54) is 0 Å². The number of aliphatic imine (C=N–C) groups is 1. The molecule has 4 N–H and O–H groups in total. The number of anilines is 3. The molecular formula is C25H23N9O. The van der Waals surface area contributed by atoms with Gasteiger partial charge in [0.2, 0.25) is 5.91 Å². The van der Waals surface area contributed by atoms with Gasteiger partial charge in [-0.2, -0.15) is 5.10 Å². The van der Waals surface area contributed by atoms with Crippen LogP contribution in [0.3, 0.4) is 0 Å². The van der Waals surface area contributed by atoms with E-state index in [9.17, 15) is 4.79 Å². The predicted octanol–water partition coefficient (Wildman–Crippen LogP) is 3.01. The first kappa shape index (κ1) is 21.0. The van der Waals surface area contributed by atoms with Gasteiger partial charge in [-0.3, -0.25) is 19.5 Å². The molecule has 10 heteroatoms. The lowest BCUT2D eigenvalue weighted by atomic mass is 9.96. The SMILES string of the molecule is Cc1c(C2=CN=CC2)cncc1-c1cc2cc(Nc3cc4n(n3)CC(=O)NCC4)ncc2c(N)n1. The number of amides is 1. The topological polar surface area (TPSA) is 136 Å². The Morgan fingerprint density at radius 2 is 2.00 bits per heavy atom. The van der Waals surface area contributed by atoms with Gasteiger partial charge in [-0.05, 0) is 35.6 Å². The van der Waals surface area contributed by atoms with Gasteiger partial charge in [-0.25, -0.2) is 9.97 Å². The predicted molar refractivity (Wildman–Crippen MR) is 135 cm³/mol. The Kier molecular flexibility index (Phi) is 4.98. The van der Waals surface area contributed by atoms with Crippen LogP contribution in [0.1, 0.15) is 23.2 Å². The van der Waals surface area contributed by atoms with Gasteiger partial charge in [0, 0.05) is 78.7 Å². The van der Waals surface area contributed by atoms with Crippen molar-refractivity contribution in [3.05, 3.63) is 59.8 Å². The number of carbonyl (C=O) groups excluding carboxylic acids is 1. The largest absolute Gasteiger partial charge is 0.383 e. The highest BCUT2D eigenvalue weighted by molar-refractivity contribution is 5.95. The Balaban J connectivity index is 1.35. The number of pyridine rings is 3. The van der Waals surface area contributed by atoms with E-state index in [4.69, 9.17) is 5.73 Å². The lowest BCUT2D eigenvalue weighted by molar-refractivity contribution is -0.121. The van der Waals surface area contributed by atoms with Crippen molar-refractivity contribution in [3.63, 3.8) is 0 Å². The molecule has 0 unspecified atom stereocenters. The minimum atomic E-state index is -0.0386. The number of nitrogens with zero attached hydrogens (tertiary/aromatic N) is 6. The van der Waals surface area contributed by atoms with E-state index in [0.29, 0.717) is 24.0 Å². The Morgan fingerprint density at radius 1 is 1.11 bits per heavy atom. The molecule has 1 amide bonds. The molecule has 0 atom stereocenters. The summed E-state index contributed by atoms with van der Waals surface area (Å²) in [6, 6.07) is 5.87. The standard InChI is InChI=1S/C25H23N9O/c1-14-18(15-2-4-27-9-15)10-28-11-19(14)21-6-16-7-22(30-12-20(16)25(26)31-21)32-23-8-17-3-5-29-24(35)13-34(17)33-23/h4,6-12H,2-3,5,13H2,1H3,(H2,26,31)(H,29,35)(H,30,32,33). The van der Waals surface area contributed by atoms with Crippen molar-refractivity contribution in [2.45, 2.75) is 26.3 Å². The normalized spacial score (nSPS) is 15.0. The number of carbonyl (C=O) groups is 1. The lowest BCUT2D eigenvalue weighted by Gasteiger charge is -2.13. The quantitative estimate of drug-likeness (QED) is 0.421. The van der Waals surface area contributed by atoms with Gasteiger partial charge in [-0.15, -0.1) is 0 Å². The highest BCUT2D eigenvalue weighted by Gasteiger charge is 2.17. The van der Waals surface area contributed by atoms with Gasteiger partial charge in [0.1, 0.15) is 18.2 Å². The van der Waals surface area contributed by atoms with Crippen LogP contribution >= 0.6 is 0 Å². The fourth-order valence-electron chi connectivity index (χ4n) is 4.52. The fraction of sp³-hybridized carbons (Fsp3) is 0.200. The Hall–Kier alpha value is -4.60. The zero-order valence-corrected chi connectivity index (χ0v) is 19.1. The number of fused-ring (bicyclic) bond motifs is 2. The Morgan fingerprint density at radius 3 is 2.86 bits per heavy atom. The van der Waals surface area contributed by atoms with E-state index >= 15 is 0 Å². The minimum absolute atomic E-state index is 0.0386. The summed E-state index contributed by atoms with van der Waals surface area (Å²) in [4.78, 5) is 29.6. The van der Waals surface area contributed by atoms with Crippen molar-refractivity contribution in [2.75, 3.05) is 17.6 Å². The number of rotatable bonds is 4. The van der Waals surface area contributed by atoms with E-state index in [1.807, 2.05) is 43.0 Å². The number of nitrogens with one attached hydrogen (secondary N) is 2. The van der Waals surface area contributed by atoms with Crippen molar-refractivity contribution in [1.82, 2.24) is 30.0 Å². The first-order valence-electron chi connectivity index (χ1n) is 11.4. The van der Waals surface area contributed by atoms with Crippen LogP contribution in [0.2, 0.25) is 0 Å². The van der Waals surface area contributed by atoms with E-state index in [2.05, 4.69) is 42.6 Å². The third kappa shape index (κ3) is 3.88. The van der Waals surface area contributed by atoms with Crippen LogP contribution in [0, 0.1) is 6.92 Å². The molecule has 2 aliphatic rings. The number of hydrogen-bond donors (Lipinski definition) is 3. The summed E-state index contributed by atoms with van der Waals surface area (Å²) >= 11 is 0. The first-order valence-corrected chi connectivity index (χ1v) is 11.4. The molecule has 10 nitrogen and oxygen atoms in total. The second-order valence-electron chi connectivity index (χ2n) is 8.64. The maximum Gasteiger partial charge on any atom is 0.241 e. The van der Waals surface area contributed by atoms with Crippen LogP contribution in [-0.2, 0) is 17.8 Å². The molecule has 4 aromatic rings.